The number of hydrogen-bond donors (Lipinski definition) is 0. The van der Waals surface area contributed by atoms with Crippen LogP contribution in [0, 0.1) is 13.8 Å². The first kappa shape index (κ1) is 25.5. The number of carbonyl (C=O) groups excluding carboxylic acids is 4. The van der Waals surface area contributed by atoms with E-state index in [0.29, 0.717) is 11.1 Å². The Kier molecular flexibility index (Phi) is 10.6. The number of carbonyl (C=O) groups is 4. The van der Waals surface area contributed by atoms with E-state index in [0.717, 1.165) is 11.1 Å². The van der Waals surface area contributed by atoms with Crippen LogP contribution in [0.1, 0.15) is 31.8 Å². The minimum Gasteiger partial charge on any atom is -0.461 e. The number of aryl methyl sites for hydroxylation is 2. The van der Waals surface area contributed by atoms with Crippen LogP contribution in [0.15, 0.2) is 48.5 Å². The number of benzene rings is 2. The molecule has 176 valence electrons. The monoisotopic (exact) mass is 458 g/mol. The molecule has 0 heterocycles. The third kappa shape index (κ3) is 9.96. The summed E-state index contributed by atoms with van der Waals surface area (Å²) in [7, 11) is 0. The van der Waals surface area contributed by atoms with Gasteiger partial charge in [-0.1, -0.05) is 35.4 Å². The summed E-state index contributed by atoms with van der Waals surface area (Å²) < 4.78 is 24.7. The van der Waals surface area contributed by atoms with Crippen LogP contribution in [0.5, 0.6) is 0 Å². The molecule has 33 heavy (non-hydrogen) atoms. The summed E-state index contributed by atoms with van der Waals surface area (Å²) in [5, 5.41) is 0. The molecular formula is C24H26O9. The van der Waals surface area contributed by atoms with E-state index in [-0.39, 0.29) is 26.4 Å². The summed E-state index contributed by atoms with van der Waals surface area (Å²) >= 11 is 0. The van der Waals surface area contributed by atoms with Gasteiger partial charge in [0.05, 0.1) is 24.3 Å². The van der Waals surface area contributed by atoms with Crippen LogP contribution in [0.2, 0.25) is 0 Å². The van der Waals surface area contributed by atoms with Crippen molar-refractivity contribution >= 4 is 23.9 Å². The van der Waals surface area contributed by atoms with Crippen LogP contribution in [0.25, 0.3) is 0 Å². The maximum Gasteiger partial charge on any atom is 0.344 e. The zero-order valence-corrected chi connectivity index (χ0v) is 18.5. The smallest absolute Gasteiger partial charge is 0.344 e. The van der Waals surface area contributed by atoms with Crippen molar-refractivity contribution in [2.75, 3.05) is 39.6 Å². The van der Waals surface area contributed by atoms with Gasteiger partial charge in [0.25, 0.3) is 0 Å². The van der Waals surface area contributed by atoms with Gasteiger partial charge in [0, 0.05) is 0 Å². The molecule has 0 aliphatic carbocycles. The Morgan fingerprint density at radius 1 is 0.545 bits per heavy atom. The van der Waals surface area contributed by atoms with Crippen molar-refractivity contribution in [2.24, 2.45) is 0 Å². The van der Waals surface area contributed by atoms with Gasteiger partial charge < -0.3 is 23.7 Å². The van der Waals surface area contributed by atoms with Crippen molar-refractivity contribution in [1.29, 1.82) is 0 Å². The van der Waals surface area contributed by atoms with Crippen molar-refractivity contribution in [3.8, 4) is 0 Å². The highest BCUT2D eigenvalue weighted by Crippen LogP contribution is 2.06. The molecule has 0 aliphatic heterocycles. The lowest BCUT2D eigenvalue weighted by Gasteiger charge is -2.08. The minimum absolute atomic E-state index is 0.0526. The lowest BCUT2D eigenvalue weighted by atomic mass is 10.1. The van der Waals surface area contributed by atoms with Crippen molar-refractivity contribution in [3.05, 3.63) is 70.8 Å². The predicted octanol–water partition coefficient (Wildman–Crippen LogP) is 2.42. The fourth-order valence-electron chi connectivity index (χ4n) is 2.41. The first-order valence-electron chi connectivity index (χ1n) is 10.2. The van der Waals surface area contributed by atoms with E-state index in [1.54, 1.807) is 48.5 Å². The van der Waals surface area contributed by atoms with Crippen molar-refractivity contribution in [2.45, 2.75) is 13.8 Å². The van der Waals surface area contributed by atoms with E-state index in [4.69, 9.17) is 23.7 Å². The van der Waals surface area contributed by atoms with E-state index in [9.17, 15) is 19.2 Å². The average Bonchev–Trinajstić information content (AvgIpc) is 2.81. The van der Waals surface area contributed by atoms with Gasteiger partial charge in [0.1, 0.15) is 13.2 Å². The third-order valence-electron chi connectivity index (χ3n) is 4.20. The maximum atomic E-state index is 11.8. The van der Waals surface area contributed by atoms with Crippen molar-refractivity contribution < 1.29 is 42.9 Å². The maximum absolute atomic E-state index is 11.8. The molecule has 0 radical (unpaired) electrons. The SMILES string of the molecule is Cc1ccc(C(=O)OCC(=O)OCCOCCOC(=O)COC(=O)c2ccc(C)cc2)cc1. The molecule has 9 nitrogen and oxygen atoms in total. The summed E-state index contributed by atoms with van der Waals surface area (Å²) in [5.74, 6) is -2.65. The van der Waals surface area contributed by atoms with Crippen LogP contribution in [-0.2, 0) is 33.3 Å². The van der Waals surface area contributed by atoms with Crippen LogP contribution >= 0.6 is 0 Å². The molecule has 0 atom stereocenters. The van der Waals surface area contributed by atoms with Gasteiger partial charge in [-0.05, 0) is 38.1 Å². The molecule has 0 spiro atoms. The molecule has 0 amide bonds. The number of ether oxygens (including phenoxy) is 5. The molecule has 0 bridgehead atoms. The largest absolute Gasteiger partial charge is 0.461 e. The van der Waals surface area contributed by atoms with Crippen molar-refractivity contribution in [1.82, 2.24) is 0 Å². The molecule has 0 saturated carbocycles. The topological polar surface area (TPSA) is 114 Å². The van der Waals surface area contributed by atoms with E-state index in [1.807, 2.05) is 13.8 Å². The van der Waals surface area contributed by atoms with Gasteiger partial charge in [-0.2, -0.15) is 0 Å². The molecule has 9 heteroatoms. The van der Waals surface area contributed by atoms with E-state index >= 15 is 0 Å². The fourth-order valence-corrected chi connectivity index (χ4v) is 2.41. The van der Waals surface area contributed by atoms with Crippen LogP contribution in [0.4, 0.5) is 0 Å². The summed E-state index contributed by atoms with van der Waals surface area (Å²) in [5.41, 5.74) is 2.69. The molecule has 0 fully saturated rings. The molecule has 2 aromatic rings. The second-order valence-electron chi connectivity index (χ2n) is 6.94. The van der Waals surface area contributed by atoms with Gasteiger partial charge in [0.15, 0.2) is 13.2 Å². The number of hydrogen-bond acceptors (Lipinski definition) is 9. The third-order valence-corrected chi connectivity index (χ3v) is 4.20. The second-order valence-corrected chi connectivity index (χ2v) is 6.94. The Bertz CT molecular complexity index is 856. The van der Waals surface area contributed by atoms with Gasteiger partial charge in [0.2, 0.25) is 0 Å². The molecule has 2 aromatic carbocycles. The standard InChI is InChI=1S/C24H26O9/c1-17-3-7-19(8-4-17)23(27)32-15-21(25)30-13-11-29-12-14-31-22(26)16-33-24(28)20-9-5-18(2)6-10-20/h3-10H,11-16H2,1-2H3. The molecule has 0 aliphatic rings. The quantitative estimate of drug-likeness (QED) is 0.269. The zero-order valence-electron chi connectivity index (χ0n) is 18.5. The van der Waals surface area contributed by atoms with E-state index in [1.165, 1.54) is 0 Å². The molecule has 0 N–H and O–H groups in total. The molecule has 2 rings (SSSR count). The highest BCUT2D eigenvalue weighted by Gasteiger charge is 2.12. The van der Waals surface area contributed by atoms with Gasteiger partial charge in [-0.25, -0.2) is 19.2 Å². The average molecular weight is 458 g/mol. The van der Waals surface area contributed by atoms with Crippen LogP contribution in [-0.4, -0.2) is 63.5 Å². The second kappa shape index (κ2) is 13.6. The Morgan fingerprint density at radius 2 is 0.909 bits per heavy atom. The van der Waals surface area contributed by atoms with E-state index < -0.39 is 37.1 Å². The van der Waals surface area contributed by atoms with Gasteiger partial charge in [-0.3, -0.25) is 0 Å². The highest BCUT2D eigenvalue weighted by molar-refractivity contribution is 5.91. The lowest BCUT2D eigenvalue weighted by molar-refractivity contribution is -0.150. The Labute approximate surface area is 191 Å². The first-order valence-corrected chi connectivity index (χ1v) is 10.2. The Balaban J connectivity index is 1.47. The summed E-state index contributed by atoms with van der Waals surface area (Å²) in [6, 6.07) is 13.5. The normalized spacial score (nSPS) is 10.2. The first-order chi connectivity index (χ1) is 15.8. The predicted molar refractivity (Wildman–Crippen MR) is 116 cm³/mol. The van der Waals surface area contributed by atoms with Gasteiger partial charge >= 0.3 is 23.9 Å². The molecule has 0 aromatic heterocycles. The van der Waals surface area contributed by atoms with Crippen molar-refractivity contribution in [3.63, 3.8) is 0 Å². The Hall–Kier alpha value is -3.72. The minimum atomic E-state index is -0.708. The molecule has 0 saturated heterocycles. The summed E-state index contributed by atoms with van der Waals surface area (Å²) in [6.45, 7) is 2.80. The molecular weight excluding hydrogens is 432 g/mol. The zero-order chi connectivity index (χ0) is 24.1. The van der Waals surface area contributed by atoms with Gasteiger partial charge in [-0.15, -0.1) is 0 Å². The van der Waals surface area contributed by atoms with Crippen LogP contribution < -0.4 is 0 Å². The van der Waals surface area contributed by atoms with E-state index in [2.05, 4.69) is 0 Å². The van der Waals surface area contributed by atoms with Crippen LogP contribution in [0.3, 0.4) is 0 Å². The lowest BCUT2D eigenvalue weighted by Crippen LogP contribution is -2.20. The number of esters is 4. The summed E-state index contributed by atoms with van der Waals surface area (Å²) in [6.07, 6.45) is 0. The highest BCUT2D eigenvalue weighted by atomic mass is 16.6. The molecule has 0 unspecified atom stereocenters. The number of rotatable bonds is 12. The summed E-state index contributed by atoms with van der Waals surface area (Å²) in [4.78, 5) is 46.8. The Morgan fingerprint density at radius 3 is 1.27 bits per heavy atom. The fraction of sp³-hybridized carbons (Fsp3) is 0.333.